The summed E-state index contributed by atoms with van der Waals surface area (Å²) in [4.78, 5) is 18.0. The van der Waals surface area contributed by atoms with Crippen LogP contribution in [0.2, 0.25) is 0 Å². The number of nitrogens with zero attached hydrogens (tertiary/aromatic N) is 2. The number of para-hydroxylation sites is 1. The molecule has 0 atom stereocenters. The van der Waals surface area contributed by atoms with Gasteiger partial charge in [-0.3, -0.25) is 9.36 Å². The molecule has 0 amide bonds. The third kappa shape index (κ3) is 4.01. The van der Waals surface area contributed by atoms with E-state index < -0.39 is 0 Å². The second kappa shape index (κ2) is 8.31. The Hall–Kier alpha value is -2.73. The molecule has 0 N–H and O–H groups in total. The summed E-state index contributed by atoms with van der Waals surface area (Å²) in [5, 5.41) is 1.22. The van der Waals surface area contributed by atoms with Gasteiger partial charge in [-0.2, -0.15) is 0 Å². The highest BCUT2D eigenvalue weighted by Crippen LogP contribution is 2.30. The monoisotopic (exact) mass is 382 g/mol. The van der Waals surface area contributed by atoms with Crippen LogP contribution in [-0.2, 0) is 0 Å². The predicted octanol–water partition coefficient (Wildman–Crippen LogP) is 4.46. The van der Waals surface area contributed by atoms with Gasteiger partial charge in [0.1, 0.15) is 0 Å². The van der Waals surface area contributed by atoms with E-state index in [1.165, 1.54) is 17.3 Å². The van der Waals surface area contributed by atoms with Crippen LogP contribution in [0.15, 0.2) is 64.1 Å². The quantitative estimate of drug-likeness (QED) is 0.358. The average Bonchev–Trinajstić information content (AvgIpc) is 2.67. The molecule has 140 valence electrons. The number of allylic oxidation sites excluding steroid dienone is 1. The number of ether oxygens (including phenoxy) is 2. The van der Waals surface area contributed by atoms with Crippen molar-refractivity contribution in [3.8, 4) is 17.2 Å². The summed E-state index contributed by atoms with van der Waals surface area (Å²) in [7, 11) is 3.16. The highest BCUT2D eigenvalue weighted by atomic mass is 32.2. The van der Waals surface area contributed by atoms with E-state index in [2.05, 4.69) is 19.9 Å². The number of benzene rings is 2. The van der Waals surface area contributed by atoms with Gasteiger partial charge in [0.05, 0.1) is 30.8 Å². The van der Waals surface area contributed by atoms with Gasteiger partial charge in [0.25, 0.3) is 5.56 Å². The molecule has 2 aromatic carbocycles. The van der Waals surface area contributed by atoms with Gasteiger partial charge >= 0.3 is 0 Å². The van der Waals surface area contributed by atoms with E-state index in [1.807, 2.05) is 24.3 Å². The minimum Gasteiger partial charge on any atom is -0.493 e. The zero-order valence-corrected chi connectivity index (χ0v) is 16.7. The van der Waals surface area contributed by atoms with Crippen molar-refractivity contribution in [2.75, 3.05) is 20.0 Å². The van der Waals surface area contributed by atoms with Crippen molar-refractivity contribution in [1.29, 1.82) is 0 Å². The number of hydrogen-bond acceptors (Lipinski definition) is 5. The lowest BCUT2D eigenvalue weighted by Crippen LogP contribution is -2.21. The molecule has 27 heavy (non-hydrogen) atoms. The number of fused-ring (bicyclic) bond motifs is 1. The molecular formula is C21H22N2O3S. The van der Waals surface area contributed by atoms with Crippen molar-refractivity contribution in [3.63, 3.8) is 0 Å². The highest BCUT2D eigenvalue weighted by Gasteiger charge is 2.15. The Balaban J connectivity index is 2.21. The van der Waals surface area contributed by atoms with Crippen molar-refractivity contribution in [3.05, 3.63) is 64.5 Å². The summed E-state index contributed by atoms with van der Waals surface area (Å²) in [6.45, 7) is 4.10. The van der Waals surface area contributed by atoms with E-state index in [9.17, 15) is 4.79 Å². The highest BCUT2D eigenvalue weighted by molar-refractivity contribution is 7.99. The Kier molecular flexibility index (Phi) is 5.86. The topological polar surface area (TPSA) is 53.4 Å². The third-order valence-corrected chi connectivity index (χ3v) is 4.94. The predicted molar refractivity (Wildman–Crippen MR) is 111 cm³/mol. The molecule has 0 spiro atoms. The molecule has 0 aliphatic rings. The van der Waals surface area contributed by atoms with E-state index in [0.717, 1.165) is 5.75 Å². The van der Waals surface area contributed by atoms with Crippen LogP contribution in [0.3, 0.4) is 0 Å². The lowest BCUT2D eigenvalue weighted by atomic mass is 10.2. The molecule has 3 aromatic rings. The number of aromatic nitrogens is 2. The molecule has 1 heterocycles. The van der Waals surface area contributed by atoms with Crippen LogP contribution in [0.1, 0.15) is 13.8 Å². The Morgan fingerprint density at radius 1 is 1.11 bits per heavy atom. The van der Waals surface area contributed by atoms with Crippen LogP contribution in [0.5, 0.6) is 11.5 Å². The first-order valence-electron chi connectivity index (χ1n) is 8.55. The maximum Gasteiger partial charge on any atom is 0.266 e. The van der Waals surface area contributed by atoms with Gasteiger partial charge in [-0.25, -0.2) is 4.98 Å². The van der Waals surface area contributed by atoms with E-state index in [-0.39, 0.29) is 5.56 Å². The molecule has 0 saturated carbocycles. The third-order valence-electron chi connectivity index (χ3n) is 4.07. The van der Waals surface area contributed by atoms with Crippen LogP contribution in [0.4, 0.5) is 0 Å². The van der Waals surface area contributed by atoms with Crippen LogP contribution in [0, 0.1) is 0 Å². The molecule has 0 radical (unpaired) electrons. The molecule has 0 aliphatic heterocycles. The van der Waals surface area contributed by atoms with Crippen molar-refractivity contribution in [2.24, 2.45) is 0 Å². The van der Waals surface area contributed by atoms with Gasteiger partial charge in [-0.15, -0.1) is 0 Å². The Morgan fingerprint density at radius 2 is 1.85 bits per heavy atom. The van der Waals surface area contributed by atoms with Crippen LogP contribution in [0.25, 0.3) is 16.6 Å². The fraction of sp³-hybridized carbons (Fsp3) is 0.238. The summed E-state index contributed by atoms with van der Waals surface area (Å²) in [6, 6.07) is 12.8. The number of thioether (sulfide) groups is 1. The number of methoxy groups -OCH3 is 2. The minimum absolute atomic E-state index is 0.104. The molecular weight excluding hydrogens is 360 g/mol. The molecule has 1 aromatic heterocycles. The van der Waals surface area contributed by atoms with Gasteiger partial charge in [0.2, 0.25) is 0 Å². The molecule has 0 bridgehead atoms. The van der Waals surface area contributed by atoms with E-state index >= 15 is 0 Å². The van der Waals surface area contributed by atoms with E-state index in [4.69, 9.17) is 14.5 Å². The van der Waals surface area contributed by atoms with E-state index in [0.29, 0.717) is 33.2 Å². The number of rotatable bonds is 6. The molecule has 6 heteroatoms. The Labute approximate surface area is 162 Å². The Morgan fingerprint density at radius 3 is 2.56 bits per heavy atom. The first-order valence-corrected chi connectivity index (χ1v) is 9.54. The van der Waals surface area contributed by atoms with Crippen molar-refractivity contribution < 1.29 is 9.47 Å². The fourth-order valence-corrected chi connectivity index (χ4v) is 3.73. The zero-order valence-electron chi connectivity index (χ0n) is 15.9. The number of hydrogen-bond donors (Lipinski definition) is 0. The maximum absolute atomic E-state index is 13.2. The Bertz CT molecular complexity index is 1050. The van der Waals surface area contributed by atoms with Crippen molar-refractivity contribution in [2.45, 2.75) is 19.0 Å². The largest absolute Gasteiger partial charge is 0.493 e. The molecule has 3 rings (SSSR count). The maximum atomic E-state index is 13.2. The van der Waals surface area contributed by atoms with Crippen LogP contribution < -0.4 is 15.0 Å². The standard InChI is InChI=1S/C21H22N2O3S/c1-14(2)11-12-27-21-22-17-8-6-5-7-16(17)20(24)23(21)15-9-10-18(25-3)19(13-15)26-4/h5-11,13H,12H2,1-4H3. The average molecular weight is 382 g/mol. The van der Waals surface area contributed by atoms with Crippen LogP contribution >= 0.6 is 11.8 Å². The summed E-state index contributed by atoms with van der Waals surface area (Å²) >= 11 is 1.53. The molecule has 0 fully saturated rings. The van der Waals surface area contributed by atoms with Crippen molar-refractivity contribution >= 4 is 22.7 Å². The summed E-state index contributed by atoms with van der Waals surface area (Å²) in [5.41, 5.74) is 2.50. The van der Waals surface area contributed by atoms with Gasteiger partial charge in [-0.05, 0) is 38.1 Å². The van der Waals surface area contributed by atoms with Gasteiger partial charge in [-0.1, -0.05) is 35.5 Å². The fourth-order valence-electron chi connectivity index (χ4n) is 2.68. The molecule has 0 aliphatic carbocycles. The molecule has 0 saturated heterocycles. The lowest BCUT2D eigenvalue weighted by Gasteiger charge is -2.15. The first-order chi connectivity index (χ1) is 13.0. The molecule has 5 nitrogen and oxygen atoms in total. The van der Waals surface area contributed by atoms with Gasteiger partial charge < -0.3 is 9.47 Å². The first kappa shape index (κ1) is 19.0. The summed E-state index contributed by atoms with van der Waals surface area (Å²) in [6.07, 6.45) is 2.12. The molecule has 0 unspecified atom stereocenters. The van der Waals surface area contributed by atoms with Crippen molar-refractivity contribution in [1.82, 2.24) is 9.55 Å². The minimum atomic E-state index is -0.104. The zero-order chi connectivity index (χ0) is 19.4. The normalized spacial score (nSPS) is 10.7. The summed E-state index contributed by atoms with van der Waals surface area (Å²) < 4.78 is 12.3. The summed E-state index contributed by atoms with van der Waals surface area (Å²) in [5.74, 6) is 1.91. The lowest BCUT2D eigenvalue weighted by molar-refractivity contribution is 0.354. The van der Waals surface area contributed by atoms with Gasteiger partial charge in [0, 0.05) is 11.8 Å². The van der Waals surface area contributed by atoms with E-state index in [1.54, 1.807) is 37.0 Å². The van der Waals surface area contributed by atoms with Crippen LogP contribution in [-0.4, -0.2) is 29.5 Å². The van der Waals surface area contributed by atoms with Gasteiger partial charge in [0.15, 0.2) is 16.7 Å². The second-order valence-electron chi connectivity index (χ2n) is 6.18. The smallest absolute Gasteiger partial charge is 0.266 e. The SMILES string of the molecule is COc1ccc(-n2c(SCC=C(C)C)nc3ccccc3c2=O)cc1OC. The second-order valence-corrected chi connectivity index (χ2v) is 7.17.